The average Bonchev–Trinajstić information content (AvgIpc) is 2.37. The van der Waals surface area contributed by atoms with Gasteiger partial charge in [0.25, 0.3) is 0 Å². The van der Waals surface area contributed by atoms with Gasteiger partial charge in [0, 0.05) is 32.2 Å². The highest BCUT2D eigenvalue weighted by molar-refractivity contribution is 5.81. The Balaban J connectivity index is 2.61. The highest BCUT2D eigenvalue weighted by Gasteiger charge is 2.42. The number of esters is 1. The molecule has 0 radical (unpaired) electrons. The summed E-state index contributed by atoms with van der Waals surface area (Å²) in [6.45, 7) is 8.02. The predicted octanol–water partition coefficient (Wildman–Crippen LogP) is 0.554. The SMILES string of the molecule is COC(=O)C1(NCCN(C)C)CCN(C(C)C)CC1. The lowest BCUT2D eigenvalue weighted by atomic mass is 9.87. The third kappa shape index (κ3) is 4.44. The van der Waals surface area contributed by atoms with E-state index in [2.05, 4.69) is 29.0 Å². The zero-order valence-corrected chi connectivity index (χ0v) is 13.0. The number of methoxy groups -OCH3 is 1. The normalized spacial score (nSPS) is 19.9. The highest BCUT2D eigenvalue weighted by atomic mass is 16.5. The van der Waals surface area contributed by atoms with Crippen molar-refractivity contribution in [3.63, 3.8) is 0 Å². The summed E-state index contributed by atoms with van der Waals surface area (Å²) in [5.74, 6) is -0.116. The summed E-state index contributed by atoms with van der Waals surface area (Å²) >= 11 is 0. The minimum Gasteiger partial charge on any atom is -0.468 e. The molecule has 1 N–H and O–H groups in total. The molecule has 0 bridgehead atoms. The molecule has 0 saturated carbocycles. The Kier molecular flexibility index (Phi) is 6.23. The molecule has 5 nitrogen and oxygen atoms in total. The zero-order valence-electron chi connectivity index (χ0n) is 13.0. The van der Waals surface area contributed by atoms with Crippen molar-refractivity contribution in [3.8, 4) is 0 Å². The lowest BCUT2D eigenvalue weighted by Gasteiger charge is -2.42. The maximum Gasteiger partial charge on any atom is 0.326 e. The van der Waals surface area contributed by atoms with Crippen LogP contribution in [0.2, 0.25) is 0 Å². The fourth-order valence-corrected chi connectivity index (χ4v) is 2.59. The number of carbonyl (C=O) groups is 1. The summed E-state index contributed by atoms with van der Waals surface area (Å²) in [7, 11) is 5.55. The van der Waals surface area contributed by atoms with Crippen molar-refractivity contribution in [2.75, 3.05) is 47.4 Å². The maximum atomic E-state index is 12.1. The van der Waals surface area contributed by atoms with Gasteiger partial charge in [0.05, 0.1) is 7.11 Å². The van der Waals surface area contributed by atoms with E-state index in [-0.39, 0.29) is 5.97 Å². The molecule has 19 heavy (non-hydrogen) atoms. The number of piperidine rings is 1. The molecule has 1 fully saturated rings. The van der Waals surface area contributed by atoms with Gasteiger partial charge in [0.2, 0.25) is 0 Å². The third-order valence-corrected chi connectivity index (χ3v) is 3.98. The van der Waals surface area contributed by atoms with Gasteiger partial charge in [-0.1, -0.05) is 0 Å². The summed E-state index contributed by atoms with van der Waals surface area (Å²) in [5, 5.41) is 3.43. The molecule has 0 aromatic carbocycles. The van der Waals surface area contributed by atoms with Crippen LogP contribution in [-0.4, -0.2) is 74.7 Å². The van der Waals surface area contributed by atoms with Crippen molar-refractivity contribution in [1.82, 2.24) is 15.1 Å². The Bertz CT molecular complexity index is 279. The summed E-state index contributed by atoms with van der Waals surface area (Å²) < 4.78 is 5.01. The van der Waals surface area contributed by atoms with Crippen molar-refractivity contribution in [2.24, 2.45) is 0 Å². The van der Waals surface area contributed by atoms with Gasteiger partial charge in [-0.25, -0.2) is 0 Å². The van der Waals surface area contributed by atoms with Crippen LogP contribution in [0.5, 0.6) is 0 Å². The second kappa shape index (κ2) is 7.22. The van der Waals surface area contributed by atoms with Crippen LogP contribution in [-0.2, 0) is 9.53 Å². The average molecular weight is 271 g/mol. The van der Waals surface area contributed by atoms with E-state index < -0.39 is 5.54 Å². The summed E-state index contributed by atoms with van der Waals surface area (Å²) in [4.78, 5) is 16.6. The first kappa shape index (κ1) is 16.4. The smallest absolute Gasteiger partial charge is 0.326 e. The van der Waals surface area contributed by atoms with Crippen LogP contribution in [0.4, 0.5) is 0 Å². The molecule has 0 aliphatic carbocycles. The van der Waals surface area contributed by atoms with Crippen molar-refractivity contribution in [3.05, 3.63) is 0 Å². The molecule has 0 aromatic heterocycles. The molecule has 0 atom stereocenters. The fourth-order valence-electron chi connectivity index (χ4n) is 2.59. The standard InChI is InChI=1S/C14H29N3O2/c1-12(2)17-9-6-14(7-10-17,13(18)19-5)15-8-11-16(3)4/h12,15H,6-11H2,1-5H3. The molecule has 0 aromatic rings. The van der Waals surface area contributed by atoms with E-state index >= 15 is 0 Å². The van der Waals surface area contributed by atoms with Crippen molar-refractivity contribution < 1.29 is 9.53 Å². The number of rotatable bonds is 6. The zero-order chi connectivity index (χ0) is 14.5. The summed E-state index contributed by atoms with van der Waals surface area (Å²) in [6.07, 6.45) is 1.65. The highest BCUT2D eigenvalue weighted by Crippen LogP contribution is 2.24. The maximum absolute atomic E-state index is 12.1. The molecule has 112 valence electrons. The number of likely N-dealkylation sites (tertiary alicyclic amines) is 1. The van der Waals surface area contributed by atoms with Gasteiger partial charge < -0.3 is 19.9 Å². The van der Waals surface area contributed by atoms with Crippen LogP contribution < -0.4 is 5.32 Å². The number of hydrogen-bond donors (Lipinski definition) is 1. The molecule has 0 unspecified atom stereocenters. The number of carbonyl (C=O) groups excluding carboxylic acids is 1. The quantitative estimate of drug-likeness (QED) is 0.715. The predicted molar refractivity (Wildman–Crippen MR) is 77.2 cm³/mol. The fraction of sp³-hybridized carbons (Fsp3) is 0.929. The van der Waals surface area contributed by atoms with E-state index in [9.17, 15) is 4.79 Å². The van der Waals surface area contributed by atoms with Gasteiger partial charge in [-0.15, -0.1) is 0 Å². The van der Waals surface area contributed by atoms with Crippen LogP contribution in [0.25, 0.3) is 0 Å². The Morgan fingerprint density at radius 3 is 2.37 bits per heavy atom. The number of nitrogens with zero attached hydrogens (tertiary/aromatic N) is 2. The molecule has 5 heteroatoms. The number of hydrogen-bond acceptors (Lipinski definition) is 5. The van der Waals surface area contributed by atoms with E-state index in [4.69, 9.17) is 4.74 Å². The van der Waals surface area contributed by atoms with Crippen LogP contribution in [0.15, 0.2) is 0 Å². The third-order valence-electron chi connectivity index (χ3n) is 3.98. The van der Waals surface area contributed by atoms with Gasteiger partial charge in [0.1, 0.15) is 5.54 Å². The molecular weight excluding hydrogens is 242 g/mol. The van der Waals surface area contributed by atoms with E-state index in [1.807, 2.05) is 14.1 Å². The Hall–Kier alpha value is -0.650. The Morgan fingerprint density at radius 2 is 1.95 bits per heavy atom. The molecule has 0 amide bonds. The van der Waals surface area contributed by atoms with Crippen LogP contribution >= 0.6 is 0 Å². The first-order chi connectivity index (χ1) is 8.91. The Morgan fingerprint density at radius 1 is 1.37 bits per heavy atom. The van der Waals surface area contributed by atoms with Crippen LogP contribution in [0, 0.1) is 0 Å². The van der Waals surface area contributed by atoms with Gasteiger partial charge in [-0.05, 0) is 40.8 Å². The van der Waals surface area contributed by atoms with Crippen LogP contribution in [0.1, 0.15) is 26.7 Å². The molecule has 1 heterocycles. The molecule has 1 saturated heterocycles. The summed E-state index contributed by atoms with van der Waals surface area (Å²) in [5.41, 5.74) is -0.490. The minimum absolute atomic E-state index is 0.116. The minimum atomic E-state index is -0.490. The lowest BCUT2D eigenvalue weighted by molar-refractivity contribution is -0.151. The Labute approximate surface area is 117 Å². The molecule has 0 spiro atoms. The van der Waals surface area contributed by atoms with Gasteiger partial charge in [-0.3, -0.25) is 4.79 Å². The van der Waals surface area contributed by atoms with Gasteiger partial charge in [-0.2, -0.15) is 0 Å². The van der Waals surface area contributed by atoms with Gasteiger partial charge in [0.15, 0.2) is 0 Å². The number of nitrogens with one attached hydrogen (secondary N) is 1. The first-order valence-electron chi connectivity index (χ1n) is 7.13. The van der Waals surface area contributed by atoms with Gasteiger partial charge >= 0.3 is 5.97 Å². The second-order valence-corrected chi connectivity index (χ2v) is 5.93. The molecule has 1 rings (SSSR count). The number of ether oxygens (including phenoxy) is 1. The van der Waals surface area contributed by atoms with Crippen molar-refractivity contribution in [2.45, 2.75) is 38.3 Å². The topological polar surface area (TPSA) is 44.8 Å². The van der Waals surface area contributed by atoms with E-state index in [0.717, 1.165) is 39.0 Å². The van der Waals surface area contributed by atoms with E-state index in [1.54, 1.807) is 0 Å². The van der Waals surface area contributed by atoms with Crippen LogP contribution in [0.3, 0.4) is 0 Å². The second-order valence-electron chi connectivity index (χ2n) is 5.93. The lowest BCUT2D eigenvalue weighted by Crippen LogP contribution is -2.60. The van der Waals surface area contributed by atoms with E-state index in [1.165, 1.54) is 7.11 Å². The monoisotopic (exact) mass is 271 g/mol. The number of likely N-dealkylation sites (N-methyl/N-ethyl adjacent to an activating group) is 1. The largest absolute Gasteiger partial charge is 0.468 e. The molecule has 1 aliphatic heterocycles. The van der Waals surface area contributed by atoms with E-state index in [0.29, 0.717) is 6.04 Å². The van der Waals surface area contributed by atoms with Crippen molar-refractivity contribution >= 4 is 5.97 Å². The summed E-state index contributed by atoms with van der Waals surface area (Å²) in [6, 6.07) is 0.539. The molecule has 1 aliphatic rings. The first-order valence-corrected chi connectivity index (χ1v) is 7.13. The van der Waals surface area contributed by atoms with Crippen molar-refractivity contribution in [1.29, 1.82) is 0 Å². The molecular formula is C14H29N3O2.